The van der Waals surface area contributed by atoms with Crippen LogP contribution in [-0.4, -0.2) is 73.7 Å². The van der Waals surface area contributed by atoms with Crippen LogP contribution in [0.3, 0.4) is 0 Å². The van der Waals surface area contributed by atoms with Gasteiger partial charge in [0.15, 0.2) is 0 Å². The van der Waals surface area contributed by atoms with Gasteiger partial charge < -0.3 is 31.3 Å². The summed E-state index contributed by atoms with van der Waals surface area (Å²) in [5.74, 6) is 0.123. The highest BCUT2D eigenvalue weighted by molar-refractivity contribution is 5.97. The number of nitrogens with one attached hydrogen (secondary N) is 4. The number of piperidine rings is 2. The lowest BCUT2D eigenvalue weighted by Crippen LogP contribution is -2.50. The van der Waals surface area contributed by atoms with Gasteiger partial charge >= 0.3 is 0 Å². The first kappa shape index (κ1) is 30.3. The highest BCUT2D eigenvalue weighted by Gasteiger charge is 2.33. The van der Waals surface area contributed by atoms with Gasteiger partial charge in [-0.25, -0.2) is 0 Å². The largest absolute Gasteiger partial charge is 0.395 e. The van der Waals surface area contributed by atoms with Crippen molar-refractivity contribution in [3.05, 3.63) is 28.8 Å². The Kier molecular flexibility index (Phi) is 10.1. The Morgan fingerprint density at radius 3 is 2.42 bits per heavy atom. The third kappa shape index (κ3) is 7.16. The molecule has 222 valence electrons. The number of hydrogen-bond donors (Lipinski definition) is 5. The molecule has 4 rings (SSSR count). The van der Waals surface area contributed by atoms with Gasteiger partial charge in [0, 0.05) is 62.5 Å². The van der Waals surface area contributed by atoms with Crippen molar-refractivity contribution in [3.63, 3.8) is 0 Å². The van der Waals surface area contributed by atoms with Crippen LogP contribution in [0.2, 0.25) is 0 Å². The number of benzene rings is 1. The van der Waals surface area contributed by atoms with Gasteiger partial charge in [-0.3, -0.25) is 14.4 Å². The smallest absolute Gasteiger partial charge is 0.251 e. The SMILES string of the molecule is CC(=O)NC1CCC(N(C)c2cc(C3CCC(CO)NC3)cc(C(=O)NCC3C(=O)NC(C)CC3C)c2C)CC1. The minimum Gasteiger partial charge on any atom is -0.395 e. The van der Waals surface area contributed by atoms with E-state index >= 15 is 0 Å². The molecule has 1 aromatic rings. The van der Waals surface area contributed by atoms with E-state index in [1.165, 1.54) is 0 Å². The molecule has 1 saturated carbocycles. The van der Waals surface area contributed by atoms with Crippen LogP contribution < -0.4 is 26.2 Å². The predicted molar refractivity (Wildman–Crippen MR) is 158 cm³/mol. The molecule has 0 bridgehead atoms. The number of rotatable bonds is 8. The second-order valence-corrected chi connectivity index (χ2v) is 12.5. The van der Waals surface area contributed by atoms with Crippen molar-refractivity contribution >= 4 is 23.4 Å². The number of nitrogens with zero attached hydrogens (tertiary/aromatic N) is 1. The highest BCUT2D eigenvalue weighted by Crippen LogP contribution is 2.35. The van der Waals surface area contributed by atoms with Crippen LogP contribution in [0.5, 0.6) is 0 Å². The summed E-state index contributed by atoms with van der Waals surface area (Å²) in [6.45, 7) is 8.92. The van der Waals surface area contributed by atoms with Crippen LogP contribution >= 0.6 is 0 Å². The molecule has 5 N–H and O–H groups in total. The summed E-state index contributed by atoms with van der Waals surface area (Å²) in [5, 5.41) is 22.2. The van der Waals surface area contributed by atoms with Crippen LogP contribution in [0.15, 0.2) is 12.1 Å². The number of aliphatic hydroxyl groups excluding tert-OH is 1. The zero-order valence-corrected chi connectivity index (χ0v) is 24.9. The summed E-state index contributed by atoms with van der Waals surface area (Å²) in [6, 6.07) is 5.12. The molecule has 9 heteroatoms. The maximum atomic E-state index is 13.7. The van der Waals surface area contributed by atoms with E-state index in [0.29, 0.717) is 18.2 Å². The number of carbonyl (C=O) groups is 3. The molecule has 0 spiro atoms. The van der Waals surface area contributed by atoms with E-state index in [-0.39, 0.29) is 60.2 Å². The van der Waals surface area contributed by atoms with Crippen LogP contribution in [-0.2, 0) is 9.59 Å². The number of aliphatic hydroxyl groups is 1. The molecule has 5 unspecified atom stereocenters. The van der Waals surface area contributed by atoms with Crippen LogP contribution in [0.25, 0.3) is 0 Å². The average molecular weight is 556 g/mol. The van der Waals surface area contributed by atoms with Gasteiger partial charge in [-0.05, 0) is 93.9 Å². The Labute approximate surface area is 239 Å². The first-order chi connectivity index (χ1) is 19.1. The molecular weight excluding hydrogens is 506 g/mol. The molecule has 2 saturated heterocycles. The predicted octanol–water partition coefficient (Wildman–Crippen LogP) is 2.60. The van der Waals surface area contributed by atoms with E-state index in [9.17, 15) is 19.5 Å². The van der Waals surface area contributed by atoms with Crippen LogP contribution in [0, 0.1) is 18.8 Å². The molecule has 2 heterocycles. The Morgan fingerprint density at radius 2 is 1.82 bits per heavy atom. The lowest BCUT2D eigenvalue weighted by molar-refractivity contribution is -0.129. The van der Waals surface area contributed by atoms with E-state index in [1.807, 2.05) is 19.9 Å². The van der Waals surface area contributed by atoms with E-state index in [0.717, 1.165) is 68.3 Å². The Bertz CT molecular complexity index is 1060. The zero-order chi connectivity index (χ0) is 29.0. The maximum absolute atomic E-state index is 13.7. The Hall–Kier alpha value is -2.65. The fourth-order valence-corrected chi connectivity index (χ4v) is 6.99. The van der Waals surface area contributed by atoms with Gasteiger partial charge in [-0.2, -0.15) is 0 Å². The molecular formula is C31H49N5O4. The van der Waals surface area contributed by atoms with Crippen molar-refractivity contribution in [1.82, 2.24) is 21.3 Å². The highest BCUT2D eigenvalue weighted by atomic mass is 16.3. The monoisotopic (exact) mass is 555 g/mol. The molecule has 40 heavy (non-hydrogen) atoms. The average Bonchev–Trinajstić information content (AvgIpc) is 2.92. The topological polar surface area (TPSA) is 123 Å². The normalized spacial score (nSPS) is 30.8. The van der Waals surface area contributed by atoms with Crippen LogP contribution in [0.1, 0.15) is 93.1 Å². The number of anilines is 1. The van der Waals surface area contributed by atoms with Gasteiger partial charge in [0.1, 0.15) is 0 Å². The zero-order valence-electron chi connectivity index (χ0n) is 24.9. The van der Waals surface area contributed by atoms with E-state index in [4.69, 9.17) is 0 Å². The maximum Gasteiger partial charge on any atom is 0.251 e. The Balaban J connectivity index is 1.55. The molecule has 1 aromatic carbocycles. The fraction of sp³-hybridized carbons (Fsp3) is 0.710. The summed E-state index contributed by atoms with van der Waals surface area (Å²) < 4.78 is 0. The minimum atomic E-state index is -0.234. The van der Waals surface area contributed by atoms with E-state index in [1.54, 1.807) is 6.92 Å². The minimum absolute atomic E-state index is 0.0130. The second-order valence-electron chi connectivity index (χ2n) is 12.5. The van der Waals surface area contributed by atoms with Gasteiger partial charge in [0.25, 0.3) is 5.91 Å². The standard InChI is InChI=1S/C31H49N5O4/c1-18-12-19(2)34-31(40)28(18)16-33-30(39)27-13-23(22-6-7-25(17-37)32-15-22)14-29(20(27)3)36(5)26-10-8-24(9-11-26)35-21(4)38/h13-14,18-19,22,24-26,28,32,37H,6-12,15-17H2,1-5H3,(H,33,39)(H,34,40)(H,35,38). The van der Waals surface area contributed by atoms with Gasteiger partial charge in [-0.1, -0.05) is 6.92 Å². The molecule has 5 atom stereocenters. The van der Waals surface area contributed by atoms with Crippen LogP contribution in [0.4, 0.5) is 5.69 Å². The fourth-order valence-electron chi connectivity index (χ4n) is 6.99. The van der Waals surface area contributed by atoms with Crippen molar-refractivity contribution in [2.24, 2.45) is 11.8 Å². The quantitative estimate of drug-likeness (QED) is 0.336. The number of hydrogen-bond acceptors (Lipinski definition) is 6. The molecule has 9 nitrogen and oxygen atoms in total. The number of amides is 3. The van der Waals surface area contributed by atoms with E-state index in [2.05, 4.69) is 46.2 Å². The van der Waals surface area contributed by atoms with Gasteiger partial charge in [-0.15, -0.1) is 0 Å². The van der Waals surface area contributed by atoms with Crippen molar-refractivity contribution < 1.29 is 19.5 Å². The lowest BCUT2D eigenvalue weighted by atomic mass is 9.84. The molecule has 0 radical (unpaired) electrons. The van der Waals surface area contributed by atoms with Crippen molar-refractivity contribution in [3.8, 4) is 0 Å². The van der Waals surface area contributed by atoms with Crippen molar-refractivity contribution in [2.75, 3.05) is 31.6 Å². The third-order valence-electron chi connectivity index (χ3n) is 9.51. The summed E-state index contributed by atoms with van der Waals surface area (Å²) >= 11 is 0. The molecule has 1 aliphatic carbocycles. The van der Waals surface area contributed by atoms with Crippen molar-refractivity contribution in [1.29, 1.82) is 0 Å². The lowest BCUT2D eigenvalue weighted by Gasteiger charge is -2.38. The third-order valence-corrected chi connectivity index (χ3v) is 9.51. The summed E-state index contributed by atoms with van der Waals surface area (Å²) in [6.07, 6.45) is 6.58. The molecule has 3 aliphatic rings. The number of carbonyl (C=O) groups excluding carboxylic acids is 3. The molecule has 3 amide bonds. The Morgan fingerprint density at radius 1 is 1.10 bits per heavy atom. The summed E-state index contributed by atoms with van der Waals surface area (Å²) in [4.78, 5) is 40.1. The van der Waals surface area contributed by atoms with Gasteiger partial charge in [0.05, 0.1) is 12.5 Å². The second kappa shape index (κ2) is 13.3. The molecule has 2 aliphatic heterocycles. The first-order valence-corrected chi connectivity index (χ1v) is 15.1. The molecule has 3 fully saturated rings. The van der Waals surface area contributed by atoms with E-state index < -0.39 is 0 Å². The summed E-state index contributed by atoms with van der Waals surface area (Å²) in [5.41, 5.74) is 3.80. The van der Waals surface area contributed by atoms with Crippen molar-refractivity contribution in [2.45, 2.75) is 103 Å². The summed E-state index contributed by atoms with van der Waals surface area (Å²) in [7, 11) is 2.12. The van der Waals surface area contributed by atoms with Gasteiger partial charge in [0.2, 0.25) is 11.8 Å². The first-order valence-electron chi connectivity index (χ1n) is 15.1. The molecule has 0 aromatic heterocycles.